The number of unbranched alkanes of at least 4 members (excludes halogenated alkanes) is 23. The van der Waals surface area contributed by atoms with E-state index in [-0.39, 0.29) is 32.2 Å². The molecule has 2 unspecified atom stereocenters. The van der Waals surface area contributed by atoms with Gasteiger partial charge in [0.2, 0.25) is 0 Å². The number of esters is 2. The third-order valence-corrected chi connectivity index (χ3v) is 12.2. The fourth-order valence-corrected chi connectivity index (χ4v) is 7.76. The summed E-state index contributed by atoms with van der Waals surface area (Å²) in [5, 5.41) is 9.70. The second kappa shape index (κ2) is 52.8. The molecule has 0 aromatic heterocycles. The van der Waals surface area contributed by atoms with Gasteiger partial charge in [0.15, 0.2) is 6.10 Å². The number of carbonyl (C=O) groups is 3. The zero-order valence-electron chi connectivity index (χ0n) is 46.4. The van der Waals surface area contributed by atoms with Crippen molar-refractivity contribution >= 4 is 17.9 Å². The average molecular weight is 996 g/mol. The first kappa shape index (κ1) is 67.5. The molecule has 0 spiro atoms. The van der Waals surface area contributed by atoms with E-state index < -0.39 is 24.3 Å². The topological polar surface area (TPSA) is 108 Å². The van der Waals surface area contributed by atoms with Gasteiger partial charge in [0, 0.05) is 12.8 Å². The molecule has 0 saturated heterocycles. The lowest BCUT2D eigenvalue weighted by Crippen LogP contribution is -2.40. The van der Waals surface area contributed by atoms with E-state index in [1.54, 1.807) is 0 Å². The summed E-state index contributed by atoms with van der Waals surface area (Å²) in [5.74, 6) is -2.03. The van der Waals surface area contributed by atoms with Crippen LogP contribution in [0.3, 0.4) is 0 Å². The van der Waals surface area contributed by atoms with Crippen molar-refractivity contribution in [2.24, 2.45) is 0 Å². The molecule has 1 N–H and O–H groups in total. The quantitative estimate of drug-likeness (QED) is 0.0211. The first-order valence-corrected chi connectivity index (χ1v) is 28.8. The number of carboxylic acids is 1. The minimum Gasteiger partial charge on any atom is -0.477 e. The van der Waals surface area contributed by atoms with Gasteiger partial charge in [0.1, 0.15) is 13.2 Å². The van der Waals surface area contributed by atoms with Crippen molar-refractivity contribution < 1.29 is 42.9 Å². The zero-order chi connectivity index (χ0) is 52.0. The van der Waals surface area contributed by atoms with E-state index in [4.69, 9.17) is 18.9 Å². The Hall–Kier alpha value is -3.53. The summed E-state index contributed by atoms with van der Waals surface area (Å²) in [7, 11) is 5.96. The monoisotopic (exact) mass is 995 g/mol. The number of carbonyl (C=O) groups excluding carboxylic acids is 2. The number of aliphatic carboxylic acids is 1. The van der Waals surface area contributed by atoms with Gasteiger partial charge in [0.25, 0.3) is 6.29 Å². The van der Waals surface area contributed by atoms with Crippen LogP contribution in [0, 0.1) is 0 Å². The van der Waals surface area contributed by atoms with Gasteiger partial charge in [-0.25, -0.2) is 4.79 Å². The smallest absolute Gasteiger partial charge is 0.361 e. The van der Waals surface area contributed by atoms with E-state index in [2.05, 4.69) is 98.9 Å². The van der Waals surface area contributed by atoms with Gasteiger partial charge < -0.3 is 28.5 Å². The second-order valence-electron chi connectivity index (χ2n) is 20.2. The summed E-state index contributed by atoms with van der Waals surface area (Å²) >= 11 is 0. The molecule has 71 heavy (non-hydrogen) atoms. The van der Waals surface area contributed by atoms with Crippen molar-refractivity contribution in [1.29, 1.82) is 0 Å². The lowest BCUT2D eigenvalue weighted by Gasteiger charge is -2.25. The Morgan fingerprint density at radius 3 is 1.20 bits per heavy atom. The highest BCUT2D eigenvalue weighted by molar-refractivity contribution is 5.71. The van der Waals surface area contributed by atoms with Crippen LogP contribution in [0.15, 0.2) is 85.1 Å². The Kier molecular flexibility index (Phi) is 50.2. The third kappa shape index (κ3) is 54.1. The molecule has 0 aliphatic heterocycles. The van der Waals surface area contributed by atoms with Crippen molar-refractivity contribution in [2.75, 3.05) is 47.5 Å². The molecule has 408 valence electrons. The fraction of sp³-hybridized carbons (Fsp3) is 0.726. The molecule has 2 atom stereocenters. The van der Waals surface area contributed by atoms with Crippen LogP contribution in [0.5, 0.6) is 0 Å². The summed E-state index contributed by atoms with van der Waals surface area (Å²) in [6, 6.07) is 0. The Balaban J connectivity index is 4.32. The lowest BCUT2D eigenvalue weighted by molar-refractivity contribution is -0.870. The van der Waals surface area contributed by atoms with Gasteiger partial charge in [-0.1, -0.05) is 234 Å². The van der Waals surface area contributed by atoms with Crippen molar-refractivity contribution in [1.82, 2.24) is 0 Å². The average Bonchev–Trinajstić information content (AvgIpc) is 3.34. The fourth-order valence-electron chi connectivity index (χ4n) is 7.76. The molecule has 0 aromatic rings. The maximum absolute atomic E-state index is 12.9. The molecule has 0 amide bonds. The van der Waals surface area contributed by atoms with Gasteiger partial charge >= 0.3 is 17.9 Å². The highest BCUT2D eigenvalue weighted by atomic mass is 16.7. The summed E-state index contributed by atoms with van der Waals surface area (Å²) in [6.07, 6.45) is 66.5. The maximum Gasteiger partial charge on any atom is 0.361 e. The summed E-state index contributed by atoms with van der Waals surface area (Å²) in [4.78, 5) is 37.4. The Morgan fingerprint density at radius 1 is 0.437 bits per heavy atom. The van der Waals surface area contributed by atoms with Crippen molar-refractivity contribution in [2.45, 2.75) is 245 Å². The van der Waals surface area contributed by atoms with Crippen LogP contribution in [0.4, 0.5) is 0 Å². The molecule has 0 radical (unpaired) electrons. The number of nitrogens with zero attached hydrogens (tertiary/aromatic N) is 1. The number of allylic oxidation sites excluding steroid dienone is 14. The van der Waals surface area contributed by atoms with Crippen molar-refractivity contribution in [3.63, 3.8) is 0 Å². The number of hydrogen-bond donors (Lipinski definition) is 1. The van der Waals surface area contributed by atoms with Crippen LogP contribution in [-0.2, 0) is 33.3 Å². The van der Waals surface area contributed by atoms with Crippen LogP contribution in [0.2, 0.25) is 0 Å². The Morgan fingerprint density at radius 2 is 0.803 bits per heavy atom. The van der Waals surface area contributed by atoms with Gasteiger partial charge in [-0.3, -0.25) is 9.59 Å². The molecule has 0 saturated carbocycles. The van der Waals surface area contributed by atoms with Gasteiger partial charge in [-0.2, -0.15) is 0 Å². The van der Waals surface area contributed by atoms with Gasteiger partial charge in [0.05, 0.1) is 34.4 Å². The number of hydrogen-bond acceptors (Lipinski definition) is 7. The SMILES string of the molecule is CC/C=C\C/C=C\C/C=C\C/C=C\C/C=C\C/C=C\C/C=C\CCCCCCCC(=O)OC(COC(=O)CCCCCCCCCCCCCCCCCCCCC)COC(OCC[N+](C)(C)C)C(=O)O. The zero-order valence-corrected chi connectivity index (χ0v) is 46.4. The molecule has 0 heterocycles. The highest BCUT2D eigenvalue weighted by Gasteiger charge is 2.25. The van der Waals surface area contributed by atoms with E-state index in [9.17, 15) is 19.5 Å². The minimum atomic E-state index is -1.52. The lowest BCUT2D eigenvalue weighted by atomic mass is 10.0. The van der Waals surface area contributed by atoms with Crippen LogP contribution >= 0.6 is 0 Å². The number of rotatable bonds is 52. The molecule has 9 heteroatoms. The molecular weight excluding hydrogens is 887 g/mol. The molecule has 0 fully saturated rings. The van der Waals surface area contributed by atoms with Gasteiger partial charge in [-0.15, -0.1) is 0 Å². The van der Waals surface area contributed by atoms with Gasteiger partial charge in [-0.05, 0) is 70.6 Å². The third-order valence-electron chi connectivity index (χ3n) is 12.2. The predicted octanol–water partition coefficient (Wildman–Crippen LogP) is 16.8. The molecule has 0 aromatic carbocycles. The van der Waals surface area contributed by atoms with Crippen LogP contribution in [0.25, 0.3) is 0 Å². The number of ether oxygens (including phenoxy) is 4. The number of quaternary nitrogens is 1. The summed E-state index contributed by atoms with van der Waals surface area (Å²) in [5.41, 5.74) is 0. The van der Waals surface area contributed by atoms with Crippen molar-refractivity contribution in [3.8, 4) is 0 Å². The number of likely N-dealkylation sites (N-methyl/N-ethyl adjacent to an activating group) is 1. The highest BCUT2D eigenvalue weighted by Crippen LogP contribution is 2.16. The van der Waals surface area contributed by atoms with E-state index in [1.807, 2.05) is 21.1 Å². The molecule has 9 nitrogen and oxygen atoms in total. The van der Waals surface area contributed by atoms with E-state index in [0.717, 1.165) is 96.3 Å². The van der Waals surface area contributed by atoms with E-state index >= 15 is 0 Å². The van der Waals surface area contributed by atoms with Crippen LogP contribution in [-0.4, -0.2) is 87.4 Å². The largest absolute Gasteiger partial charge is 0.477 e. The second-order valence-corrected chi connectivity index (χ2v) is 20.2. The maximum atomic E-state index is 12.9. The van der Waals surface area contributed by atoms with Crippen molar-refractivity contribution in [3.05, 3.63) is 85.1 Å². The Bertz CT molecular complexity index is 1440. The van der Waals surface area contributed by atoms with Crippen LogP contribution in [0.1, 0.15) is 232 Å². The molecule has 0 aliphatic rings. The van der Waals surface area contributed by atoms with Crippen LogP contribution < -0.4 is 0 Å². The predicted molar refractivity (Wildman–Crippen MR) is 299 cm³/mol. The summed E-state index contributed by atoms with van der Waals surface area (Å²) in [6.45, 7) is 4.75. The van der Waals surface area contributed by atoms with E-state index in [1.165, 1.54) is 103 Å². The first-order valence-electron chi connectivity index (χ1n) is 28.8. The standard InChI is InChI=1S/C62H107NO8/c1-6-8-10-12-14-16-18-20-22-24-26-27-28-29-30-31-32-33-35-37-39-41-43-45-47-49-51-53-60(65)71-58(57-70-62(61(66)67)68-55-54-63(3,4)5)56-69-59(64)52-50-48-46-44-42-40-38-36-34-25-23-21-19-17-15-13-11-9-7-2/h8,10,14,16,20,22,26-27,29-30,32-33,37,39,58,62H,6-7,9,11-13,15,17-19,21,23-25,28,31,34-36,38,40-57H2,1-5H3/p+1/b10-8-,16-14-,22-20-,27-26-,30-29-,33-32-,39-37-. The molecular formula is C62H108NO8+. The summed E-state index contributed by atoms with van der Waals surface area (Å²) < 4.78 is 22.9. The minimum absolute atomic E-state index is 0.181. The molecule has 0 aliphatic carbocycles. The molecule has 0 rings (SSSR count). The molecule has 0 bridgehead atoms. The first-order chi connectivity index (χ1) is 34.6. The Labute approximate surface area is 436 Å². The number of carboxylic acid groups (broad SMARTS) is 1. The van der Waals surface area contributed by atoms with E-state index in [0.29, 0.717) is 23.9 Å². The normalized spacial score (nSPS) is 13.4.